The molecule has 2 aromatic rings. The Kier molecular flexibility index (Phi) is 1.43. The molecule has 0 amide bonds. The molecule has 0 fully saturated rings. The third-order valence-corrected chi connectivity index (χ3v) is 1.75. The summed E-state index contributed by atoms with van der Waals surface area (Å²) in [5.74, 6) is 0. The van der Waals surface area contributed by atoms with E-state index in [0.29, 0.717) is 16.1 Å². The van der Waals surface area contributed by atoms with Crippen LogP contribution < -0.4 is 4.90 Å². The molecule has 12 heavy (non-hydrogen) atoms. The zero-order valence-electron chi connectivity index (χ0n) is 6.52. The molecule has 0 aliphatic rings. The molecule has 0 atom stereocenters. The summed E-state index contributed by atoms with van der Waals surface area (Å²) in [6.07, 6.45) is 2.38. The third-order valence-electron chi connectivity index (χ3n) is 1.75. The molecule has 5 heteroatoms. The van der Waals surface area contributed by atoms with Gasteiger partial charge in [-0.05, 0) is 17.4 Å². The number of fused-ring (bicyclic) bond motifs is 1. The molecule has 0 aromatic carbocycles. The number of aromatic nitrogens is 3. The van der Waals surface area contributed by atoms with Gasteiger partial charge < -0.3 is 5.21 Å². The molecule has 2 aromatic heterocycles. The normalized spacial score (nSPS) is 10.8. The maximum atomic E-state index is 11.0. The summed E-state index contributed by atoms with van der Waals surface area (Å²) in [4.78, 5) is 4.28. The number of hydrogen-bond acceptors (Lipinski definition) is 4. The Morgan fingerprint density at radius 2 is 2.50 bits per heavy atom. The van der Waals surface area contributed by atoms with Gasteiger partial charge in [-0.1, -0.05) is 6.92 Å². The molecular formula is C7H7N3O2. The van der Waals surface area contributed by atoms with E-state index in [0.717, 1.165) is 12.0 Å². The molecule has 0 aliphatic heterocycles. The fourth-order valence-corrected chi connectivity index (χ4v) is 1.15. The van der Waals surface area contributed by atoms with Crippen LogP contribution in [0.3, 0.4) is 0 Å². The number of nitrogens with zero attached hydrogens (tertiary/aromatic N) is 3. The maximum absolute atomic E-state index is 11.0. The van der Waals surface area contributed by atoms with Crippen LogP contribution in [0.5, 0.6) is 0 Å². The number of pyridine rings is 1. The monoisotopic (exact) mass is 165 g/mol. The highest BCUT2D eigenvalue weighted by molar-refractivity contribution is 5.69. The van der Waals surface area contributed by atoms with Crippen LogP contribution in [-0.2, 0) is 6.42 Å². The molecule has 0 unspecified atom stereocenters. The van der Waals surface area contributed by atoms with Gasteiger partial charge in [-0.3, -0.25) is 4.63 Å². The standard InChI is InChI=1S/C7H7N3O2/c1-2-5-3-4-8-7-6(5)10(11)12-9-7/h3-4H,2H2,1H3. The summed E-state index contributed by atoms with van der Waals surface area (Å²) in [6.45, 7) is 1.96. The van der Waals surface area contributed by atoms with E-state index < -0.39 is 0 Å². The number of rotatable bonds is 1. The Morgan fingerprint density at radius 3 is 3.25 bits per heavy atom. The molecule has 0 saturated carbocycles. The Morgan fingerprint density at radius 1 is 1.67 bits per heavy atom. The number of aryl methyl sites for hydroxylation is 1. The van der Waals surface area contributed by atoms with Crippen LogP contribution in [0.15, 0.2) is 16.9 Å². The van der Waals surface area contributed by atoms with Crippen molar-refractivity contribution in [3.05, 3.63) is 23.0 Å². The van der Waals surface area contributed by atoms with Crippen LogP contribution >= 0.6 is 0 Å². The van der Waals surface area contributed by atoms with Crippen molar-refractivity contribution >= 4 is 11.2 Å². The van der Waals surface area contributed by atoms with Gasteiger partial charge >= 0.3 is 5.65 Å². The van der Waals surface area contributed by atoms with Crippen molar-refractivity contribution in [1.29, 1.82) is 0 Å². The summed E-state index contributed by atoms with van der Waals surface area (Å²) >= 11 is 0. The molecule has 62 valence electrons. The number of hydrogen-bond donors (Lipinski definition) is 0. The predicted molar refractivity (Wildman–Crippen MR) is 40.1 cm³/mol. The van der Waals surface area contributed by atoms with Gasteiger partial charge in [-0.15, -0.1) is 0 Å². The molecule has 0 aliphatic carbocycles. The minimum atomic E-state index is 0.365. The van der Waals surface area contributed by atoms with Crippen molar-refractivity contribution in [3.8, 4) is 0 Å². The van der Waals surface area contributed by atoms with Crippen LogP contribution in [0.25, 0.3) is 11.2 Å². The molecule has 0 radical (unpaired) electrons. The fourth-order valence-electron chi connectivity index (χ4n) is 1.15. The first-order chi connectivity index (χ1) is 5.83. The Balaban J connectivity index is 2.84. The average molecular weight is 165 g/mol. The molecule has 0 saturated heterocycles. The van der Waals surface area contributed by atoms with E-state index in [-0.39, 0.29) is 0 Å². The van der Waals surface area contributed by atoms with E-state index in [1.54, 1.807) is 12.3 Å². The molecule has 2 rings (SSSR count). The summed E-state index contributed by atoms with van der Waals surface area (Å²) in [7, 11) is 0. The average Bonchev–Trinajstić information content (AvgIpc) is 2.48. The van der Waals surface area contributed by atoms with E-state index >= 15 is 0 Å². The quantitative estimate of drug-likeness (QED) is 0.574. The maximum Gasteiger partial charge on any atom is 0.340 e. The zero-order valence-corrected chi connectivity index (χ0v) is 6.52. The third kappa shape index (κ3) is 0.827. The Bertz CT molecular complexity index is 410. The zero-order chi connectivity index (χ0) is 8.55. The highest BCUT2D eigenvalue weighted by atomic mass is 16.8. The molecule has 0 N–H and O–H groups in total. The topological polar surface area (TPSA) is 65.9 Å². The van der Waals surface area contributed by atoms with Gasteiger partial charge in [0.2, 0.25) is 5.52 Å². The van der Waals surface area contributed by atoms with Gasteiger partial charge in [0.05, 0.1) is 5.16 Å². The van der Waals surface area contributed by atoms with Crippen LogP contribution in [-0.4, -0.2) is 10.1 Å². The van der Waals surface area contributed by atoms with Gasteiger partial charge in [-0.25, -0.2) is 4.98 Å². The highest BCUT2D eigenvalue weighted by Crippen LogP contribution is 2.10. The largest absolute Gasteiger partial charge is 0.359 e. The van der Waals surface area contributed by atoms with Gasteiger partial charge in [0, 0.05) is 11.8 Å². The molecule has 2 heterocycles. The SMILES string of the molecule is CCc1ccnc2no[n+]([O-])c12. The van der Waals surface area contributed by atoms with Crippen LogP contribution in [0.1, 0.15) is 12.5 Å². The highest BCUT2D eigenvalue weighted by Gasteiger charge is 2.13. The lowest BCUT2D eigenvalue weighted by Gasteiger charge is -1.93. The van der Waals surface area contributed by atoms with Gasteiger partial charge in [0.1, 0.15) is 0 Å². The minimum Gasteiger partial charge on any atom is -0.359 e. The summed E-state index contributed by atoms with van der Waals surface area (Å²) in [6, 6.07) is 1.79. The second-order valence-corrected chi connectivity index (χ2v) is 2.43. The van der Waals surface area contributed by atoms with Crippen LogP contribution in [0.2, 0.25) is 0 Å². The Labute approximate surface area is 68.2 Å². The van der Waals surface area contributed by atoms with Crippen LogP contribution in [0.4, 0.5) is 0 Å². The lowest BCUT2D eigenvalue weighted by molar-refractivity contribution is -0.782. The summed E-state index contributed by atoms with van der Waals surface area (Å²) in [5, 5.41) is 14.5. The second-order valence-electron chi connectivity index (χ2n) is 2.43. The van der Waals surface area contributed by atoms with Gasteiger partial charge in [0.25, 0.3) is 0 Å². The molecule has 0 bridgehead atoms. The van der Waals surface area contributed by atoms with E-state index in [9.17, 15) is 5.21 Å². The first kappa shape index (κ1) is 7.02. The van der Waals surface area contributed by atoms with Crippen molar-refractivity contribution in [2.45, 2.75) is 13.3 Å². The predicted octanol–water partition coefficient (Wildman–Crippen LogP) is 0.419. The van der Waals surface area contributed by atoms with Crippen molar-refractivity contribution in [3.63, 3.8) is 0 Å². The summed E-state index contributed by atoms with van der Waals surface area (Å²) in [5.41, 5.74) is 1.70. The Hall–Kier alpha value is -1.65. The molecule has 5 nitrogen and oxygen atoms in total. The first-order valence-corrected chi connectivity index (χ1v) is 3.66. The van der Waals surface area contributed by atoms with Crippen LogP contribution in [0, 0.1) is 5.21 Å². The lowest BCUT2D eigenvalue weighted by Crippen LogP contribution is -2.23. The summed E-state index contributed by atoms with van der Waals surface area (Å²) < 4.78 is 4.41. The van der Waals surface area contributed by atoms with Crippen molar-refractivity contribution in [2.75, 3.05) is 0 Å². The van der Waals surface area contributed by atoms with Crippen molar-refractivity contribution < 1.29 is 9.53 Å². The first-order valence-electron chi connectivity index (χ1n) is 3.66. The van der Waals surface area contributed by atoms with E-state index in [1.807, 2.05) is 6.92 Å². The van der Waals surface area contributed by atoms with Gasteiger partial charge in [0.15, 0.2) is 0 Å². The van der Waals surface area contributed by atoms with Crippen molar-refractivity contribution in [1.82, 2.24) is 10.1 Å². The lowest BCUT2D eigenvalue weighted by atomic mass is 10.2. The minimum absolute atomic E-state index is 0.365. The molecule has 0 spiro atoms. The van der Waals surface area contributed by atoms with E-state index in [2.05, 4.69) is 14.8 Å². The second kappa shape index (κ2) is 2.44. The van der Waals surface area contributed by atoms with E-state index in [1.165, 1.54) is 0 Å². The van der Waals surface area contributed by atoms with E-state index in [4.69, 9.17) is 0 Å². The fraction of sp³-hybridized carbons (Fsp3) is 0.286. The molecular weight excluding hydrogens is 158 g/mol. The van der Waals surface area contributed by atoms with Crippen molar-refractivity contribution in [2.24, 2.45) is 0 Å². The smallest absolute Gasteiger partial charge is 0.340 e. The van der Waals surface area contributed by atoms with Gasteiger partial charge in [-0.2, -0.15) is 0 Å².